The van der Waals surface area contributed by atoms with Crippen LogP contribution in [0.15, 0.2) is 45.3 Å². The van der Waals surface area contributed by atoms with Crippen LogP contribution in [0.1, 0.15) is 27.9 Å². The molecule has 0 aromatic heterocycles. The smallest absolute Gasteiger partial charge is 0.259 e. The predicted molar refractivity (Wildman–Crippen MR) is 93.0 cm³/mol. The van der Waals surface area contributed by atoms with Gasteiger partial charge in [-0.25, -0.2) is 0 Å². The summed E-state index contributed by atoms with van der Waals surface area (Å²) in [5, 5.41) is 0. The first-order chi connectivity index (χ1) is 10.1. The van der Waals surface area contributed by atoms with E-state index >= 15 is 0 Å². The van der Waals surface area contributed by atoms with E-state index in [1.807, 2.05) is 23.1 Å². The second-order valence-corrected chi connectivity index (χ2v) is 7.04. The Labute approximate surface area is 141 Å². The van der Waals surface area contributed by atoms with Gasteiger partial charge in [-0.1, -0.05) is 34.1 Å². The van der Waals surface area contributed by atoms with Crippen LogP contribution in [-0.2, 0) is 6.42 Å². The lowest BCUT2D eigenvalue weighted by Gasteiger charge is -2.31. The van der Waals surface area contributed by atoms with Crippen LogP contribution in [0, 0.1) is 6.92 Å². The number of carbonyl (C=O) groups is 1. The highest BCUT2D eigenvalue weighted by atomic mass is 79.9. The van der Waals surface area contributed by atoms with Crippen LogP contribution >= 0.6 is 31.9 Å². The van der Waals surface area contributed by atoms with Crippen molar-refractivity contribution in [3.63, 3.8) is 0 Å². The number of benzene rings is 2. The first kappa shape index (κ1) is 14.8. The van der Waals surface area contributed by atoms with Gasteiger partial charge in [-0.2, -0.15) is 0 Å². The zero-order valence-corrected chi connectivity index (χ0v) is 14.9. The number of rotatable bonds is 1. The van der Waals surface area contributed by atoms with Crippen LogP contribution in [0.4, 0.5) is 5.69 Å². The van der Waals surface area contributed by atoms with Crippen molar-refractivity contribution in [3.05, 3.63) is 62.0 Å². The molecule has 0 radical (unpaired) electrons. The Kier molecular flexibility index (Phi) is 4.18. The molecule has 3 rings (SSSR count). The van der Waals surface area contributed by atoms with E-state index < -0.39 is 0 Å². The predicted octanol–water partition coefficient (Wildman–Crippen LogP) is 5.11. The zero-order chi connectivity index (χ0) is 15.0. The number of halogens is 2. The Morgan fingerprint density at radius 2 is 2.00 bits per heavy atom. The van der Waals surface area contributed by atoms with Crippen LogP contribution in [0.25, 0.3) is 0 Å². The fraction of sp³-hybridized carbons (Fsp3) is 0.235. The van der Waals surface area contributed by atoms with Gasteiger partial charge in [-0.3, -0.25) is 4.79 Å². The molecule has 0 spiro atoms. The summed E-state index contributed by atoms with van der Waals surface area (Å²) in [4.78, 5) is 14.8. The van der Waals surface area contributed by atoms with Gasteiger partial charge in [-0.15, -0.1) is 0 Å². The number of para-hydroxylation sites is 1. The summed E-state index contributed by atoms with van der Waals surface area (Å²) in [5.41, 5.74) is 4.22. The molecule has 2 aromatic rings. The highest BCUT2D eigenvalue weighted by Gasteiger charge is 2.26. The standard InChI is InChI=1S/C17H15Br2NO/c1-11-4-2-5-12-6-3-9-20(16(11)12)17(21)14-8-7-13(18)10-15(14)19/h2,4-5,7-8,10H,3,6,9H2,1H3. The highest BCUT2D eigenvalue weighted by molar-refractivity contribution is 9.11. The second kappa shape index (κ2) is 5.93. The van der Waals surface area contributed by atoms with Gasteiger partial charge in [0.15, 0.2) is 0 Å². The zero-order valence-electron chi connectivity index (χ0n) is 11.7. The third-order valence-electron chi connectivity index (χ3n) is 3.83. The molecule has 2 nitrogen and oxygen atoms in total. The van der Waals surface area contributed by atoms with Gasteiger partial charge in [0.1, 0.15) is 0 Å². The maximum absolute atomic E-state index is 12.9. The third kappa shape index (κ3) is 2.79. The van der Waals surface area contributed by atoms with Gasteiger partial charge in [-0.05, 0) is 65.0 Å². The van der Waals surface area contributed by atoms with Crippen molar-refractivity contribution in [3.8, 4) is 0 Å². The number of fused-ring (bicyclic) bond motifs is 1. The van der Waals surface area contributed by atoms with Gasteiger partial charge < -0.3 is 4.90 Å². The van der Waals surface area contributed by atoms with Crippen LogP contribution in [0.3, 0.4) is 0 Å². The van der Waals surface area contributed by atoms with Gasteiger partial charge in [0.25, 0.3) is 5.91 Å². The number of amides is 1. The molecule has 1 heterocycles. The van der Waals surface area contributed by atoms with E-state index in [0.29, 0.717) is 5.56 Å². The first-order valence-corrected chi connectivity index (χ1v) is 8.52. The number of anilines is 1. The molecule has 0 fully saturated rings. The van der Waals surface area contributed by atoms with Crippen molar-refractivity contribution >= 4 is 43.5 Å². The van der Waals surface area contributed by atoms with E-state index in [1.165, 1.54) is 5.56 Å². The lowest BCUT2D eigenvalue weighted by molar-refractivity contribution is 0.0984. The molecule has 0 saturated carbocycles. The Balaban J connectivity index is 2.04. The SMILES string of the molecule is Cc1cccc2c1N(C(=O)c1ccc(Br)cc1Br)CCC2. The van der Waals surface area contributed by atoms with Crippen molar-refractivity contribution < 1.29 is 4.79 Å². The average Bonchev–Trinajstić information content (AvgIpc) is 2.46. The van der Waals surface area contributed by atoms with E-state index in [0.717, 1.165) is 39.6 Å². The van der Waals surface area contributed by atoms with Crippen LogP contribution in [0.2, 0.25) is 0 Å². The van der Waals surface area contributed by atoms with E-state index in [9.17, 15) is 4.79 Å². The van der Waals surface area contributed by atoms with Crippen molar-refractivity contribution in [2.45, 2.75) is 19.8 Å². The topological polar surface area (TPSA) is 20.3 Å². The van der Waals surface area contributed by atoms with Crippen molar-refractivity contribution in [2.75, 3.05) is 11.4 Å². The van der Waals surface area contributed by atoms with E-state index in [2.05, 4.69) is 57.0 Å². The largest absolute Gasteiger partial charge is 0.308 e. The summed E-state index contributed by atoms with van der Waals surface area (Å²) in [5.74, 6) is 0.0598. The van der Waals surface area contributed by atoms with Crippen LogP contribution in [0.5, 0.6) is 0 Å². The van der Waals surface area contributed by atoms with Gasteiger partial charge in [0, 0.05) is 15.5 Å². The van der Waals surface area contributed by atoms with Crippen LogP contribution in [-0.4, -0.2) is 12.5 Å². The molecular formula is C17H15Br2NO. The second-order valence-electron chi connectivity index (χ2n) is 5.27. The lowest BCUT2D eigenvalue weighted by atomic mass is 9.97. The molecule has 0 aliphatic carbocycles. The van der Waals surface area contributed by atoms with Crippen molar-refractivity contribution in [1.82, 2.24) is 0 Å². The molecule has 1 aliphatic rings. The molecule has 108 valence electrons. The maximum Gasteiger partial charge on any atom is 0.259 e. The monoisotopic (exact) mass is 407 g/mol. The molecule has 0 N–H and O–H groups in total. The quantitative estimate of drug-likeness (QED) is 0.641. The van der Waals surface area contributed by atoms with Crippen LogP contribution < -0.4 is 4.90 Å². The third-order valence-corrected chi connectivity index (χ3v) is 4.98. The minimum Gasteiger partial charge on any atom is -0.308 e. The average molecular weight is 409 g/mol. The summed E-state index contributed by atoms with van der Waals surface area (Å²) in [7, 11) is 0. The molecule has 1 aliphatic heterocycles. The summed E-state index contributed by atoms with van der Waals surface area (Å²) in [6.45, 7) is 2.85. The number of hydrogen-bond acceptors (Lipinski definition) is 1. The van der Waals surface area contributed by atoms with Crippen molar-refractivity contribution in [2.24, 2.45) is 0 Å². The molecule has 4 heteroatoms. The molecule has 1 amide bonds. The molecule has 0 bridgehead atoms. The van der Waals surface area contributed by atoms with Crippen molar-refractivity contribution in [1.29, 1.82) is 0 Å². The normalized spacial score (nSPS) is 14.0. The molecule has 0 saturated heterocycles. The first-order valence-electron chi connectivity index (χ1n) is 6.93. The fourth-order valence-corrected chi connectivity index (χ4v) is 4.08. The number of carbonyl (C=O) groups excluding carboxylic acids is 1. The lowest BCUT2D eigenvalue weighted by Crippen LogP contribution is -2.36. The number of aryl methyl sites for hydroxylation is 2. The van der Waals surface area contributed by atoms with Gasteiger partial charge in [0.2, 0.25) is 0 Å². The Morgan fingerprint density at radius 1 is 1.19 bits per heavy atom. The van der Waals surface area contributed by atoms with E-state index in [4.69, 9.17) is 0 Å². The molecular weight excluding hydrogens is 394 g/mol. The van der Waals surface area contributed by atoms with E-state index in [1.54, 1.807) is 0 Å². The number of nitrogens with zero attached hydrogens (tertiary/aromatic N) is 1. The minimum atomic E-state index is 0.0598. The fourth-order valence-electron chi connectivity index (χ4n) is 2.86. The Hall–Kier alpha value is -1.13. The van der Waals surface area contributed by atoms with Gasteiger partial charge in [0.05, 0.1) is 11.3 Å². The summed E-state index contributed by atoms with van der Waals surface area (Å²) in [6.07, 6.45) is 2.05. The Bertz CT molecular complexity index is 712. The molecule has 21 heavy (non-hydrogen) atoms. The summed E-state index contributed by atoms with van der Waals surface area (Å²) >= 11 is 6.92. The highest BCUT2D eigenvalue weighted by Crippen LogP contribution is 2.33. The summed E-state index contributed by atoms with van der Waals surface area (Å²) < 4.78 is 1.78. The maximum atomic E-state index is 12.9. The molecule has 0 unspecified atom stereocenters. The van der Waals surface area contributed by atoms with E-state index in [-0.39, 0.29) is 5.91 Å². The summed E-state index contributed by atoms with van der Waals surface area (Å²) in [6, 6.07) is 11.9. The van der Waals surface area contributed by atoms with Gasteiger partial charge >= 0.3 is 0 Å². The molecule has 2 aromatic carbocycles. The number of hydrogen-bond donors (Lipinski definition) is 0. The Morgan fingerprint density at radius 3 is 2.76 bits per heavy atom. The minimum absolute atomic E-state index is 0.0598. The molecule has 0 atom stereocenters.